The van der Waals surface area contributed by atoms with Gasteiger partial charge in [0.2, 0.25) is 0 Å². The first kappa shape index (κ1) is 67.3. The SMILES string of the molecule is CC(C(=O)SCC(CO[N+](=O)[O-])O[N+](=O)[O-])c1ccc(-c2ccccc2)c(F)c1.Cc1cc(F)ccc1-c1ccc(O)c(CC(=O)SCC(CO[N+](=O)[O-])O[N+](=O)[O-])c1.Cc1ccc(C(C)C(=O)SCC(CO[N+](=O)[O-])O[N+](=O)[O-])cc1. The number of phenolic OH excluding ortho intramolecular Hbond substituents is 1. The summed E-state index contributed by atoms with van der Waals surface area (Å²) in [4.78, 5) is 124. The lowest BCUT2D eigenvalue weighted by Gasteiger charge is -2.15. The molecule has 5 unspecified atom stereocenters. The number of aryl methyl sites for hydroxylation is 2. The van der Waals surface area contributed by atoms with Crippen LogP contribution in [0.15, 0.2) is 109 Å². The Labute approximate surface area is 475 Å². The Morgan fingerprint density at radius 2 is 0.976 bits per heavy atom. The molecule has 5 aromatic rings. The highest BCUT2D eigenvalue weighted by Gasteiger charge is 2.25. The van der Waals surface area contributed by atoms with Crippen LogP contribution in [0.1, 0.15) is 53.5 Å². The van der Waals surface area contributed by atoms with Gasteiger partial charge in [-0.3, -0.25) is 14.4 Å². The van der Waals surface area contributed by atoms with Crippen molar-refractivity contribution in [3.8, 4) is 28.0 Å². The first-order chi connectivity index (χ1) is 38.7. The molecule has 440 valence electrons. The molecule has 33 heteroatoms. The number of rotatable bonds is 29. The van der Waals surface area contributed by atoms with E-state index in [4.69, 9.17) is 0 Å². The minimum Gasteiger partial charge on any atom is -0.508 e. The third kappa shape index (κ3) is 25.0. The molecule has 0 aliphatic rings. The number of aromatic hydroxyl groups is 1. The minimum absolute atomic E-state index is 0.121. The van der Waals surface area contributed by atoms with Gasteiger partial charge in [-0.2, -0.15) is 0 Å². The number of phenols is 1. The fraction of sp³-hybridized carbons (Fsp3) is 0.327. The lowest BCUT2D eigenvalue weighted by Crippen LogP contribution is -2.27. The second-order valence-corrected chi connectivity index (χ2v) is 19.9. The fourth-order valence-corrected chi connectivity index (χ4v) is 9.32. The van der Waals surface area contributed by atoms with Crippen molar-refractivity contribution in [1.82, 2.24) is 0 Å². The van der Waals surface area contributed by atoms with Crippen LogP contribution in [0.4, 0.5) is 8.78 Å². The van der Waals surface area contributed by atoms with E-state index in [0.717, 1.165) is 28.5 Å². The molecule has 0 fully saturated rings. The van der Waals surface area contributed by atoms with E-state index < -0.39 is 96.5 Å². The number of halogens is 2. The molecule has 0 spiro atoms. The maximum absolute atomic E-state index is 14.5. The van der Waals surface area contributed by atoms with E-state index in [1.54, 1.807) is 75.4 Å². The lowest BCUT2D eigenvalue weighted by atomic mass is 9.97. The molecule has 5 rings (SSSR count). The molecule has 0 aliphatic carbocycles. The first-order valence-electron chi connectivity index (χ1n) is 23.5. The van der Waals surface area contributed by atoms with Crippen molar-refractivity contribution < 1.29 is 87.8 Å². The number of benzene rings is 5. The summed E-state index contributed by atoms with van der Waals surface area (Å²) in [5.74, 6) is -2.71. The summed E-state index contributed by atoms with van der Waals surface area (Å²) in [5.41, 5.74) is 5.82. The maximum atomic E-state index is 14.5. The predicted molar refractivity (Wildman–Crippen MR) is 289 cm³/mol. The van der Waals surface area contributed by atoms with E-state index >= 15 is 0 Å². The number of carbonyl (C=O) groups is 3. The van der Waals surface area contributed by atoms with Crippen LogP contribution in [-0.2, 0) is 49.8 Å². The van der Waals surface area contributed by atoms with Gasteiger partial charge in [-0.25, -0.2) is 8.78 Å². The quantitative estimate of drug-likeness (QED) is 0.0345. The molecule has 5 atom stereocenters. The highest BCUT2D eigenvalue weighted by molar-refractivity contribution is 8.14. The van der Waals surface area contributed by atoms with Crippen molar-refractivity contribution in [2.75, 3.05) is 37.1 Å². The van der Waals surface area contributed by atoms with Crippen LogP contribution in [0.2, 0.25) is 0 Å². The average Bonchev–Trinajstić information content (AvgIpc) is 3.41. The van der Waals surface area contributed by atoms with Crippen LogP contribution in [0.3, 0.4) is 0 Å². The number of hydrogen-bond acceptors (Lipinski definition) is 25. The molecule has 5 aromatic carbocycles. The topological polar surface area (TPSA) is 386 Å². The zero-order chi connectivity index (χ0) is 61.1. The molecule has 0 bridgehead atoms. The van der Waals surface area contributed by atoms with Crippen LogP contribution >= 0.6 is 35.3 Å². The molecular weight excluding hydrogens is 1160 g/mol. The third-order valence-corrected chi connectivity index (χ3v) is 14.2. The van der Waals surface area contributed by atoms with E-state index in [-0.39, 0.29) is 40.4 Å². The molecule has 28 nitrogen and oxygen atoms in total. The van der Waals surface area contributed by atoms with Crippen molar-refractivity contribution >= 4 is 50.6 Å². The third-order valence-electron chi connectivity index (χ3n) is 10.8. The zero-order valence-electron chi connectivity index (χ0n) is 43.4. The predicted octanol–water partition coefficient (Wildman–Crippen LogP) is 8.88. The Bertz CT molecular complexity index is 3030. The van der Waals surface area contributed by atoms with Gasteiger partial charge in [-0.1, -0.05) is 134 Å². The molecule has 82 heavy (non-hydrogen) atoms. The van der Waals surface area contributed by atoms with Gasteiger partial charge in [0.05, 0.1) is 11.8 Å². The maximum Gasteiger partial charge on any atom is 0.294 e. The number of hydrogen-bond donors (Lipinski definition) is 1. The number of carbonyl (C=O) groups excluding carboxylic acids is 3. The van der Waals surface area contributed by atoms with Crippen LogP contribution < -0.4 is 0 Å². The number of nitrogens with zero attached hydrogens (tertiary/aromatic N) is 6. The van der Waals surface area contributed by atoms with Crippen LogP contribution in [0.5, 0.6) is 5.75 Å². The van der Waals surface area contributed by atoms with Gasteiger partial charge < -0.3 is 34.1 Å². The molecule has 0 aliphatic heterocycles. The second kappa shape index (κ2) is 34.2. The zero-order valence-corrected chi connectivity index (χ0v) is 45.9. The molecule has 0 aromatic heterocycles. The number of thioether (sulfide) groups is 3. The van der Waals surface area contributed by atoms with E-state index in [1.165, 1.54) is 24.3 Å². The summed E-state index contributed by atoms with van der Waals surface area (Å²) in [7, 11) is 0. The molecule has 0 heterocycles. The molecular formula is C49H50F2N6O22S3. The van der Waals surface area contributed by atoms with Gasteiger partial charge >= 0.3 is 0 Å². The lowest BCUT2D eigenvalue weighted by molar-refractivity contribution is -0.788. The van der Waals surface area contributed by atoms with Crippen molar-refractivity contribution in [3.05, 3.63) is 209 Å². The van der Waals surface area contributed by atoms with Crippen LogP contribution in [0.25, 0.3) is 22.3 Å². The van der Waals surface area contributed by atoms with Gasteiger partial charge in [0.1, 0.15) is 55.5 Å². The second-order valence-electron chi connectivity index (χ2n) is 16.8. The summed E-state index contributed by atoms with van der Waals surface area (Å²) < 4.78 is 27.8. The van der Waals surface area contributed by atoms with Gasteiger partial charge in [0.15, 0.2) is 15.3 Å². The van der Waals surface area contributed by atoms with Crippen molar-refractivity contribution in [2.24, 2.45) is 0 Å². The van der Waals surface area contributed by atoms with Gasteiger partial charge in [0, 0.05) is 34.8 Å². The standard InChI is InChI=1S/C18H17FN2O8S.C18H17FN2O7S.C13H16N2O7S/c1-11-6-14(19)3-4-16(11)12-2-5-17(22)13(7-12)8-18(23)30-10-15(29-21(26)27)9-28-20(24)25;1-12(18(22)29-11-15(28-21(25)26)10-27-20(23)24)14-7-8-16(17(19)9-14)13-5-3-2-4-6-13;1-9-3-5-11(6-4-9)10(2)13(16)23-8-12(22-15(19)20)7-21-14(17)18/h2-7,15,22H,8-10H2,1H3;2-9,12,15H,10-11H2,1H3;3-6,10,12H,7-8H2,1-2H3. The summed E-state index contributed by atoms with van der Waals surface area (Å²) in [6.45, 7) is 4.93. The Balaban J connectivity index is 0.000000326. The van der Waals surface area contributed by atoms with E-state index in [9.17, 15) is 89.0 Å². The molecule has 1 N–H and O–H groups in total. The normalized spacial score (nSPS) is 12.3. The fourth-order valence-electron chi connectivity index (χ4n) is 6.74. The summed E-state index contributed by atoms with van der Waals surface area (Å²) >= 11 is 2.17. The van der Waals surface area contributed by atoms with E-state index in [2.05, 4.69) is 29.0 Å². The van der Waals surface area contributed by atoms with Crippen LogP contribution in [-0.4, -0.2) is 106 Å². The van der Waals surface area contributed by atoms with Crippen molar-refractivity contribution in [1.29, 1.82) is 0 Å². The van der Waals surface area contributed by atoms with Crippen molar-refractivity contribution in [2.45, 2.75) is 64.3 Å². The van der Waals surface area contributed by atoms with Gasteiger partial charge in [-0.15, -0.1) is 60.7 Å². The largest absolute Gasteiger partial charge is 0.508 e. The van der Waals surface area contributed by atoms with Crippen molar-refractivity contribution in [3.63, 3.8) is 0 Å². The van der Waals surface area contributed by atoms with E-state index in [0.29, 0.717) is 56.9 Å². The highest BCUT2D eigenvalue weighted by atomic mass is 32.2. The smallest absolute Gasteiger partial charge is 0.294 e. The van der Waals surface area contributed by atoms with E-state index in [1.807, 2.05) is 37.3 Å². The van der Waals surface area contributed by atoms with Gasteiger partial charge in [-0.05, 0) is 77.6 Å². The monoisotopic (exact) mass is 1210 g/mol. The Morgan fingerprint density at radius 3 is 1.43 bits per heavy atom. The van der Waals surface area contributed by atoms with Crippen LogP contribution in [0, 0.1) is 86.2 Å². The Morgan fingerprint density at radius 1 is 0.524 bits per heavy atom. The average molecular weight is 1210 g/mol. The van der Waals surface area contributed by atoms with Gasteiger partial charge in [0.25, 0.3) is 30.5 Å². The molecule has 0 radical (unpaired) electrons. The Hall–Kier alpha value is -8.98. The summed E-state index contributed by atoms with van der Waals surface area (Å²) in [5, 5.41) is 64.3. The summed E-state index contributed by atoms with van der Waals surface area (Å²) in [6, 6.07) is 29.7. The molecule has 0 saturated carbocycles. The highest BCUT2D eigenvalue weighted by Crippen LogP contribution is 2.32. The Kier molecular flexibility index (Phi) is 28.1. The molecule has 0 saturated heterocycles. The minimum atomic E-state index is -1.32. The summed E-state index contributed by atoms with van der Waals surface area (Å²) in [6.07, 6.45) is -4.02. The first-order valence-corrected chi connectivity index (χ1v) is 26.4. The molecule has 0 amide bonds.